The van der Waals surface area contributed by atoms with E-state index in [2.05, 4.69) is 34.9 Å². The minimum Gasteiger partial charge on any atom is -0.384 e. The van der Waals surface area contributed by atoms with Gasteiger partial charge in [0.2, 0.25) is 0 Å². The summed E-state index contributed by atoms with van der Waals surface area (Å²) in [5.74, 6) is 1.63. The first-order valence-electron chi connectivity index (χ1n) is 5.98. The second-order valence-corrected chi connectivity index (χ2v) is 4.66. The monoisotopic (exact) mass is 202 g/mol. The average molecular weight is 202 g/mol. The van der Waals surface area contributed by atoms with Crippen molar-refractivity contribution in [3.8, 4) is 0 Å². The van der Waals surface area contributed by atoms with E-state index >= 15 is 0 Å². The maximum absolute atomic E-state index is 3.53. The summed E-state index contributed by atoms with van der Waals surface area (Å²) in [5, 5.41) is 6.97. The molecule has 80 valence electrons. The highest BCUT2D eigenvalue weighted by Gasteiger charge is 2.29. The first-order valence-corrected chi connectivity index (χ1v) is 5.98. The third-order valence-corrected chi connectivity index (χ3v) is 3.83. The summed E-state index contributed by atoms with van der Waals surface area (Å²) in [5.41, 5.74) is 2.91. The Morgan fingerprint density at radius 3 is 2.73 bits per heavy atom. The molecule has 0 radical (unpaired) electrons. The quantitative estimate of drug-likeness (QED) is 0.729. The van der Waals surface area contributed by atoms with Gasteiger partial charge in [-0.25, -0.2) is 0 Å². The molecule has 2 aliphatic heterocycles. The number of anilines is 1. The molecule has 1 atom stereocenters. The molecule has 0 spiro atoms. The first kappa shape index (κ1) is 9.22. The molecular formula is C13H18N2. The van der Waals surface area contributed by atoms with E-state index in [-0.39, 0.29) is 0 Å². The SMILES string of the molecule is c1ccc2c(c1)NC[C@H]2C1CCNCC1. The van der Waals surface area contributed by atoms with E-state index in [0.717, 1.165) is 18.4 Å². The molecule has 2 nitrogen and oxygen atoms in total. The molecule has 2 aliphatic rings. The lowest BCUT2D eigenvalue weighted by atomic mass is 9.82. The van der Waals surface area contributed by atoms with Crippen molar-refractivity contribution in [1.82, 2.24) is 5.32 Å². The fraction of sp³-hybridized carbons (Fsp3) is 0.538. The molecule has 2 N–H and O–H groups in total. The van der Waals surface area contributed by atoms with Crippen LogP contribution in [0.1, 0.15) is 24.3 Å². The topological polar surface area (TPSA) is 24.1 Å². The fourth-order valence-corrected chi connectivity index (χ4v) is 2.98. The molecule has 0 aromatic heterocycles. The number of rotatable bonds is 1. The minimum atomic E-state index is 0.753. The molecule has 1 fully saturated rings. The molecule has 0 bridgehead atoms. The molecule has 0 amide bonds. The van der Waals surface area contributed by atoms with Gasteiger partial charge in [0.25, 0.3) is 0 Å². The molecule has 2 heterocycles. The molecule has 15 heavy (non-hydrogen) atoms. The van der Waals surface area contributed by atoms with Crippen molar-refractivity contribution in [2.45, 2.75) is 18.8 Å². The van der Waals surface area contributed by atoms with Crippen molar-refractivity contribution in [3.05, 3.63) is 29.8 Å². The van der Waals surface area contributed by atoms with Crippen LogP contribution in [0.25, 0.3) is 0 Å². The van der Waals surface area contributed by atoms with Gasteiger partial charge in [0.05, 0.1) is 0 Å². The molecule has 0 aliphatic carbocycles. The van der Waals surface area contributed by atoms with Crippen molar-refractivity contribution in [3.63, 3.8) is 0 Å². The molecule has 0 unspecified atom stereocenters. The van der Waals surface area contributed by atoms with Crippen LogP contribution in [0.3, 0.4) is 0 Å². The maximum Gasteiger partial charge on any atom is 0.0376 e. The van der Waals surface area contributed by atoms with Crippen LogP contribution in [0.5, 0.6) is 0 Å². The van der Waals surface area contributed by atoms with Gasteiger partial charge in [-0.05, 0) is 43.5 Å². The van der Waals surface area contributed by atoms with Crippen LogP contribution in [-0.4, -0.2) is 19.6 Å². The van der Waals surface area contributed by atoms with Gasteiger partial charge in [-0.2, -0.15) is 0 Å². The second kappa shape index (κ2) is 3.86. The van der Waals surface area contributed by atoms with E-state index in [4.69, 9.17) is 0 Å². The lowest BCUT2D eigenvalue weighted by Gasteiger charge is -2.27. The van der Waals surface area contributed by atoms with Gasteiger partial charge in [-0.1, -0.05) is 18.2 Å². The number of para-hydroxylation sites is 1. The number of nitrogens with one attached hydrogen (secondary N) is 2. The number of hydrogen-bond acceptors (Lipinski definition) is 2. The zero-order valence-corrected chi connectivity index (χ0v) is 9.00. The van der Waals surface area contributed by atoms with E-state index in [9.17, 15) is 0 Å². The Kier molecular flexibility index (Phi) is 2.37. The van der Waals surface area contributed by atoms with Crippen LogP contribution in [0.4, 0.5) is 5.69 Å². The summed E-state index contributed by atoms with van der Waals surface area (Å²) in [6.07, 6.45) is 2.67. The third kappa shape index (κ3) is 1.63. The Bertz CT molecular complexity index is 342. The van der Waals surface area contributed by atoms with Gasteiger partial charge >= 0.3 is 0 Å². The number of piperidine rings is 1. The predicted octanol–water partition coefficient (Wildman–Crippen LogP) is 2.20. The lowest BCUT2D eigenvalue weighted by Crippen LogP contribution is -2.31. The van der Waals surface area contributed by atoms with Gasteiger partial charge in [-0.3, -0.25) is 0 Å². The highest BCUT2D eigenvalue weighted by Crippen LogP contribution is 2.39. The number of benzene rings is 1. The zero-order valence-electron chi connectivity index (χ0n) is 9.00. The average Bonchev–Trinajstić information content (AvgIpc) is 2.74. The highest BCUT2D eigenvalue weighted by atomic mass is 14.9. The van der Waals surface area contributed by atoms with E-state index in [1.165, 1.54) is 31.6 Å². The van der Waals surface area contributed by atoms with E-state index in [0.29, 0.717) is 0 Å². The van der Waals surface area contributed by atoms with Crippen molar-refractivity contribution in [2.24, 2.45) is 5.92 Å². The summed E-state index contributed by atoms with van der Waals surface area (Å²) < 4.78 is 0. The smallest absolute Gasteiger partial charge is 0.0376 e. The van der Waals surface area contributed by atoms with E-state index in [1.807, 2.05) is 0 Å². The van der Waals surface area contributed by atoms with Gasteiger partial charge < -0.3 is 10.6 Å². The highest BCUT2D eigenvalue weighted by molar-refractivity contribution is 5.57. The van der Waals surface area contributed by atoms with Crippen molar-refractivity contribution >= 4 is 5.69 Å². The van der Waals surface area contributed by atoms with E-state index < -0.39 is 0 Å². The van der Waals surface area contributed by atoms with Crippen LogP contribution in [0, 0.1) is 5.92 Å². The van der Waals surface area contributed by atoms with E-state index in [1.54, 1.807) is 5.56 Å². The summed E-state index contributed by atoms with van der Waals surface area (Å²) in [7, 11) is 0. The second-order valence-electron chi connectivity index (χ2n) is 4.66. The number of hydrogen-bond donors (Lipinski definition) is 2. The molecule has 1 aromatic carbocycles. The summed E-state index contributed by atoms with van der Waals surface area (Å²) in [4.78, 5) is 0. The van der Waals surface area contributed by atoms with Gasteiger partial charge in [0.1, 0.15) is 0 Å². The van der Waals surface area contributed by atoms with Crippen LogP contribution < -0.4 is 10.6 Å². The standard InChI is InChI=1S/C13H18N2/c1-2-4-13-11(3-1)12(9-15-13)10-5-7-14-8-6-10/h1-4,10,12,14-15H,5-9H2/t12-/m0/s1. The third-order valence-electron chi connectivity index (χ3n) is 3.83. The molecular weight excluding hydrogens is 184 g/mol. The molecule has 3 rings (SSSR count). The Labute approximate surface area is 91.1 Å². The van der Waals surface area contributed by atoms with Crippen LogP contribution in [0.2, 0.25) is 0 Å². The first-order chi connectivity index (χ1) is 7.45. The van der Waals surface area contributed by atoms with Gasteiger partial charge in [-0.15, -0.1) is 0 Å². The summed E-state index contributed by atoms with van der Waals surface area (Å²) in [6, 6.07) is 8.79. The van der Waals surface area contributed by atoms with Crippen molar-refractivity contribution < 1.29 is 0 Å². The van der Waals surface area contributed by atoms with Gasteiger partial charge in [0, 0.05) is 18.2 Å². The largest absolute Gasteiger partial charge is 0.384 e. The Balaban J connectivity index is 1.83. The Morgan fingerprint density at radius 2 is 1.87 bits per heavy atom. The van der Waals surface area contributed by atoms with Crippen molar-refractivity contribution in [2.75, 3.05) is 25.0 Å². The maximum atomic E-state index is 3.53. The molecule has 0 saturated carbocycles. The fourth-order valence-electron chi connectivity index (χ4n) is 2.98. The van der Waals surface area contributed by atoms with Gasteiger partial charge in [0.15, 0.2) is 0 Å². The molecule has 1 aromatic rings. The summed E-state index contributed by atoms with van der Waals surface area (Å²) in [6.45, 7) is 3.54. The minimum absolute atomic E-state index is 0.753. The summed E-state index contributed by atoms with van der Waals surface area (Å²) >= 11 is 0. The Hall–Kier alpha value is -1.02. The Morgan fingerprint density at radius 1 is 1.07 bits per heavy atom. The van der Waals surface area contributed by atoms with Crippen molar-refractivity contribution in [1.29, 1.82) is 0 Å². The van der Waals surface area contributed by atoms with Crippen LogP contribution in [0.15, 0.2) is 24.3 Å². The predicted molar refractivity (Wildman–Crippen MR) is 63.3 cm³/mol. The molecule has 2 heteroatoms. The normalized spacial score (nSPS) is 26.0. The number of fused-ring (bicyclic) bond motifs is 1. The van der Waals surface area contributed by atoms with Crippen LogP contribution >= 0.6 is 0 Å². The van der Waals surface area contributed by atoms with Crippen LogP contribution in [-0.2, 0) is 0 Å². The molecule has 1 saturated heterocycles. The zero-order chi connectivity index (χ0) is 10.1. The lowest BCUT2D eigenvalue weighted by molar-refractivity contribution is 0.330.